The Bertz CT molecular complexity index is 701. The number of aromatic hydroxyl groups is 2. The number of hydrogen-bond donors (Lipinski definition) is 2. The van der Waals surface area contributed by atoms with Crippen molar-refractivity contribution in [1.82, 2.24) is 0 Å². The van der Waals surface area contributed by atoms with E-state index in [9.17, 15) is 10.2 Å². The van der Waals surface area contributed by atoms with Gasteiger partial charge in [-0.2, -0.15) is 0 Å². The summed E-state index contributed by atoms with van der Waals surface area (Å²) in [7, 11) is 0. The molecule has 2 N–H and O–H groups in total. The first-order chi connectivity index (χ1) is 9.22. The van der Waals surface area contributed by atoms with Crippen LogP contribution in [0.5, 0.6) is 17.2 Å². The monoisotopic (exact) mass is 272 g/mol. The standard InChI is InChI=1S/C15H12O3S/c16-10-4-6-11(7-5-10)18-9-12-8-13-14(17)2-1-3-15(13)19-12/h1-8,16-17H,9H2. The molecule has 3 rings (SSSR count). The largest absolute Gasteiger partial charge is 0.508 e. The molecule has 0 saturated carbocycles. The second-order valence-electron chi connectivity index (χ2n) is 4.18. The van der Waals surface area contributed by atoms with Gasteiger partial charge >= 0.3 is 0 Å². The maximum absolute atomic E-state index is 9.74. The smallest absolute Gasteiger partial charge is 0.124 e. The van der Waals surface area contributed by atoms with E-state index in [0.29, 0.717) is 18.1 Å². The number of thiophene rings is 1. The van der Waals surface area contributed by atoms with Crippen molar-refractivity contribution in [1.29, 1.82) is 0 Å². The Hall–Kier alpha value is -2.20. The summed E-state index contributed by atoms with van der Waals surface area (Å²) < 4.78 is 6.68. The van der Waals surface area contributed by atoms with Crippen LogP contribution in [0.3, 0.4) is 0 Å². The molecule has 0 amide bonds. The van der Waals surface area contributed by atoms with Gasteiger partial charge in [-0.15, -0.1) is 11.3 Å². The lowest BCUT2D eigenvalue weighted by atomic mass is 10.2. The molecule has 0 fully saturated rings. The third-order valence-corrected chi connectivity index (χ3v) is 3.88. The van der Waals surface area contributed by atoms with Gasteiger partial charge < -0.3 is 14.9 Å². The molecule has 96 valence electrons. The minimum Gasteiger partial charge on any atom is -0.508 e. The molecule has 0 bridgehead atoms. The highest BCUT2D eigenvalue weighted by Crippen LogP contribution is 2.32. The van der Waals surface area contributed by atoms with Crippen molar-refractivity contribution in [2.45, 2.75) is 6.61 Å². The normalized spacial score (nSPS) is 10.7. The molecule has 3 nitrogen and oxygen atoms in total. The van der Waals surface area contributed by atoms with Crippen molar-refractivity contribution < 1.29 is 14.9 Å². The summed E-state index contributed by atoms with van der Waals surface area (Å²) in [6, 6.07) is 14.1. The molecule has 2 aromatic carbocycles. The highest BCUT2D eigenvalue weighted by atomic mass is 32.1. The van der Waals surface area contributed by atoms with Crippen LogP contribution >= 0.6 is 11.3 Å². The van der Waals surface area contributed by atoms with Crippen molar-refractivity contribution in [3.63, 3.8) is 0 Å². The van der Waals surface area contributed by atoms with Crippen LogP contribution in [-0.2, 0) is 6.61 Å². The molecule has 1 heterocycles. The minimum atomic E-state index is 0.221. The van der Waals surface area contributed by atoms with Crippen molar-refractivity contribution in [2.75, 3.05) is 0 Å². The third kappa shape index (κ3) is 2.48. The molecule has 0 aliphatic heterocycles. The fraction of sp³-hybridized carbons (Fsp3) is 0.0667. The summed E-state index contributed by atoms with van der Waals surface area (Å²) in [6.45, 7) is 0.448. The Morgan fingerprint density at radius 1 is 1.00 bits per heavy atom. The van der Waals surface area contributed by atoms with Gasteiger partial charge in [0.1, 0.15) is 23.9 Å². The fourth-order valence-corrected chi connectivity index (χ4v) is 2.86. The van der Waals surface area contributed by atoms with Gasteiger partial charge in [0.05, 0.1) is 0 Å². The Kier molecular flexibility index (Phi) is 3.01. The van der Waals surface area contributed by atoms with E-state index in [0.717, 1.165) is 15.0 Å². The number of phenols is 2. The van der Waals surface area contributed by atoms with E-state index >= 15 is 0 Å². The van der Waals surface area contributed by atoms with Gasteiger partial charge in [0.25, 0.3) is 0 Å². The van der Waals surface area contributed by atoms with E-state index in [1.807, 2.05) is 18.2 Å². The van der Waals surface area contributed by atoms with E-state index < -0.39 is 0 Å². The lowest BCUT2D eigenvalue weighted by molar-refractivity contribution is 0.309. The Morgan fingerprint density at radius 3 is 2.53 bits per heavy atom. The topological polar surface area (TPSA) is 49.7 Å². The average Bonchev–Trinajstić information content (AvgIpc) is 2.83. The SMILES string of the molecule is Oc1ccc(OCc2cc3c(O)cccc3s2)cc1. The van der Waals surface area contributed by atoms with Crippen molar-refractivity contribution in [3.8, 4) is 17.2 Å². The number of hydrogen-bond acceptors (Lipinski definition) is 4. The molecule has 1 aromatic heterocycles. The predicted octanol–water partition coefficient (Wildman–Crippen LogP) is 3.89. The number of benzene rings is 2. The van der Waals surface area contributed by atoms with Crippen LogP contribution in [0.4, 0.5) is 0 Å². The van der Waals surface area contributed by atoms with E-state index in [2.05, 4.69) is 0 Å². The Labute approximate surface area is 114 Å². The quantitative estimate of drug-likeness (QED) is 0.760. The van der Waals surface area contributed by atoms with Gasteiger partial charge in [-0.25, -0.2) is 0 Å². The second kappa shape index (κ2) is 4.82. The Morgan fingerprint density at radius 2 is 1.79 bits per heavy atom. The molecule has 0 spiro atoms. The van der Waals surface area contributed by atoms with Crippen molar-refractivity contribution in [2.24, 2.45) is 0 Å². The Balaban J connectivity index is 1.78. The molecule has 0 atom stereocenters. The van der Waals surface area contributed by atoms with Gasteiger partial charge in [-0.1, -0.05) is 6.07 Å². The molecular weight excluding hydrogens is 260 g/mol. The zero-order chi connectivity index (χ0) is 13.2. The molecule has 0 aliphatic carbocycles. The molecule has 4 heteroatoms. The van der Waals surface area contributed by atoms with Crippen molar-refractivity contribution in [3.05, 3.63) is 53.4 Å². The van der Waals surface area contributed by atoms with Crippen LogP contribution in [-0.4, -0.2) is 10.2 Å². The fourth-order valence-electron chi connectivity index (χ4n) is 1.87. The number of phenolic OH excluding ortho intramolecular Hbond substituents is 2. The number of rotatable bonds is 3. The first-order valence-electron chi connectivity index (χ1n) is 5.84. The number of fused-ring (bicyclic) bond motifs is 1. The third-order valence-electron chi connectivity index (χ3n) is 2.81. The van der Waals surface area contributed by atoms with Crippen LogP contribution in [0.2, 0.25) is 0 Å². The summed E-state index contributed by atoms with van der Waals surface area (Å²) in [4.78, 5) is 1.05. The van der Waals surface area contributed by atoms with Crippen LogP contribution < -0.4 is 4.74 Å². The van der Waals surface area contributed by atoms with Crippen LogP contribution in [0.15, 0.2) is 48.5 Å². The van der Waals surface area contributed by atoms with E-state index in [-0.39, 0.29) is 5.75 Å². The number of ether oxygens (including phenoxy) is 1. The minimum absolute atomic E-state index is 0.221. The van der Waals surface area contributed by atoms with Crippen LogP contribution in [0.25, 0.3) is 10.1 Å². The molecule has 0 radical (unpaired) electrons. The first-order valence-corrected chi connectivity index (χ1v) is 6.66. The molecule has 0 unspecified atom stereocenters. The maximum atomic E-state index is 9.74. The lowest BCUT2D eigenvalue weighted by Gasteiger charge is -2.03. The summed E-state index contributed by atoms with van der Waals surface area (Å²) in [6.07, 6.45) is 0. The molecule has 0 saturated heterocycles. The maximum Gasteiger partial charge on any atom is 0.124 e. The summed E-state index contributed by atoms with van der Waals surface area (Å²) in [5.74, 6) is 1.23. The molecule has 0 aliphatic rings. The summed E-state index contributed by atoms with van der Waals surface area (Å²) in [5.41, 5.74) is 0. The van der Waals surface area contributed by atoms with E-state index in [1.165, 1.54) is 0 Å². The van der Waals surface area contributed by atoms with Gasteiger partial charge in [0, 0.05) is 15.0 Å². The van der Waals surface area contributed by atoms with E-state index in [1.54, 1.807) is 41.7 Å². The van der Waals surface area contributed by atoms with Crippen LogP contribution in [0, 0.1) is 0 Å². The predicted molar refractivity (Wildman–Crippen MR) is 75.9 cm³/mol. The lowest BCUT2D eigenvalue weighted by Crippen LogP contribution is -1.91. The van der Waals surface area contributed by atoms with Gasteiger partial charge in [0.15, 0.2) is 0 Å². The van der Waals surface area contributed by atoms with Crippen molar-refractivity contribution >= 4 is 21.4 Å². The molecule has 19 heavy (non-hydrogen) atoms. The van der Waals surface area contributed by atoms with E-state index in [4.69, 9.17) is 4.74 Å². The zero-order valence-electron chi connectivity index (χ0n) is 10.0. The molecular formula is C15H12O3S. The second-order valence-corrected chi connectivity index (χ2v) is 5.35. The van der Waals surface area contributed by atoms with Crippen LogP contribution in [0.1, 0.15) is 4.88 Å². The molecule has 3 aromatic rings. The first kappa shape index (κ1) is 11.9. The summed E-state index contributed by atoms with van der Waals surface area (Å²) >= 11 is 1.60. The highest BCUT2D eigenvalue weighted by Gasteiger charge is 2.06. The van der Waals surface area contributed by atoms with Gasteiger partial charge in [-0.3, -0.25) is 0 Å². The average molecular weight is 272 g/mol. The highest BCUT2D eigenvalue weighted by molar-refractivity contribution is 7.19. The van der Waals surface area contributed by atoms with Gasteiger partial charge in [-0.05, 0) is 42.5 Å². The summed E-state index contributed by atoms with van der Waals surface area (Å²) in [5, 5.41) is 19.8. The van der Waals surface area contributed by atoms with Gasteiger partial charge in [0.2, 0.25) is 0 Å². The zero-order valence-corrected chi connectivity index (χ0v) is 10.9.